The third kappa shape index (κ3) is 2.04. The number of nitrogens with zero attached hydrogens (tertiary/aromatic N) is 2. The van der Waals surface area contributed by atoms with E-state index in [4.69, 9.17) is 11.7 Å². The van der Waals surface area contributed by atoms with Crippen molar-refractivity contribution < 1.29 is 0 Å². The van der Waals surface area contributed by atoms with Crippen LogP contribution in [0.1, 0.15) is 0 Å². The fourth-order valence-electron chi connectivity index (χ4n) is 0.288. The molecule has 0 rings (SSSR count). The predicted octanol–water partition coefficient (Wildman–Crippen LogP) is -0.615. The molecule has 4 nitrogen and oxygen atoms in total. The van der Waals surface area contributed by atoms with Crippen molar-refractivity contribution >= 4 is 16.9 Å². The molecule has 0 heterocycles. The summed E-state index contributed by atoms with van der Waals surface area (Å²) in [5.74, 6) is 10.2. The number of thioether (sulfide) groups is 1. The second kappa shape index (κ2) is 3.57. The molecule has 0 aromatic rings. The number of amidine groups is 1. The van der Waals surface area contributed by atoms with Gasteiger partial charge in [-0.1, -0.05) is 11.8 Å². The van der Waals surface area contributed by atoms with Crippen LogP contribution in [0.15, 0.2) is 5.10 Å². The fraction of sp³-hybridized carbons (Fsp3) is 0.667. The number of nitrogens with two attached hydrogens (primary N) is 2. The molecule has 48 valence electrons. The molecule has 0 radical (unpaired) electrons. The van der Waals surface area contributed by atoms with E-state index in [0.29, 0.717) is 5.17 Å². The van der Waals surface area contributed by atoms with Gasteiger partial charge in [0.1, 0.15) is 0 Å². The highest BCUT2D eigenvalue weighted by Crippen LogP contribution is 1.95. The monoisotopic (exact) mass is 134 g/mol. The highest BCUT2D eigenvalue weighted by molar-refractivity contribution is 8.13. The number of hydrogen-bond acceptors (Lipinski definition) is 4. The first-order valence-corrected chi connectivity index (χ1v) is 3.25. The van der Waals surface area contributed by atoms with Crippen LogP contribution in [0.4, 0.5) is 0 Å². The Balaban J connectivity index is 3.72. The number of hydrogen-bond donors (Lipinski definition) is 2. The molecule has 0 aromatic carbocycles. The number of hydrazone groups is 1. The van der Waals surface area contributed by atoms with E-state index in [2.05, 4.69) is 5.10 Å². The molecule has 0 aromatic heterocycles. The van der Waals surface area contributed by atoms with Gasteiger partial charge in [0, 0.05) is 7.05 Å². The summed E-state index contributed by atoms with van der Waals surface area (Å²) in [6.45, 7) is 0. The summed E-state index contributed by atoms with van der Waals surface area (Å²) in [4.78, 5) is 0. The Morgan fingerprint density at radius 1 is 1.75 bits per heavy atom. The highest BCUT2D eigenvalue weighted by Gasteiger charge is 1.95. The minimum atomic E-state index is 0.616. The van der Waals surface area contributed by atoms with Gasteiger partial charge in [0.15, 0.2) is 5.17 Å². The van der Waals surface area contributed by atoms with E-state index >= 15 is 0 Å². The lowest BCUT2D eigenvalue weighted by Gasteiger charge is -2.09. The molecule has 4 N–H and O–H groups in total. The average Bonchev–Trinajstić information content (AvgIpc) is 1.69. The highest BCUT2D eigenvalue weighted by atomic mass is 32.2. The zero-order chi connectivity index (χ0) is 6.57. The lowest BCUT2D eigenvalue weighted by atomic mass is 11.1. The van der Waals surface area contributed by atoms with E-state index < -0.39 is 0 Å². The second-order valence-corrected chi connectivity index (χ2v) is 2.00. The Morgan fingerprint density at radius 2 is 2.25 bits per heavy atom. The van der Waals surface area contributed by atoms with Crippen molar-refractivity contribution in [3.8, 4) is 0 Å². The molecule has 0 aliphatic carbocycles. The zero-order valence-corrected chi connectivity index (χ0v) is 5.77. The van der Waals surface area contributed by atoms with Crippen LogP contribution in [0.2, 0.25) is 0 Å². The van der Waals surface area contributed by atoms with Crippen molar-refractivity contribution in [3.63, 3.8) is 0 Å². The van der Waals surface area contributed by atoms with Gasteiger partial charge < -0.3 is 5.84 Å². The Morgan fingerprint density at radius 3 is 2.25 bits per heavy atom. The Bertz CT molecular complexity index is 89.3. The van der Waals surface area contributed by atoms with E-state index in [1.165, 1.54) is 16.8 Å². The molecule has 0 atom stereocenters. The summed E-state index contributed by atoms with van der Waals surface area (Å²) in [7, 11) is 1.68. The van der Waals surface area contributed by atoms with Gasteiger partial charge in [0.05, 0.1) is 0 Å². The van der Waals surface area contributed by atoms with Gasteiger partial charge in [0.2, 0.25) is 0 Å². The smallest absolute Gasteiger partial charge is 0.196 e. The van der Waals surface area contributed by atoms with Crippen molar-refractivity contribution in [1.82, 2.24) is 5.01 Å². The molecular weight excluding hydrogens is 124 g/mol. The molecule has 0 aliphatic heterocycles. The van der Waals surface area contributed by atoms with Crippen molar-refractivity contribution in [3.05, 3.63) is 0 Å². The Kier molecular flexibility index (Phi) is 3.38. The summed E-state index contributed by atoms with van der Waals surface area (Å²) in [6.07, 6.45) is 1.86. The summed E-state index contributed by atoms with van der Waals surface area (Å²) in [5.41, 5.74) is 0. The first kappa shape index (κ1) is 7.58. The quantitative estimate of drug-likeness (QED) is 0.201. The van der Waals surface area contributed by atoms with Crippen molar-refractivity contribution in [2.45, 2.75) is 0 Å². The second-order valence-electron chi connectivity index (χ2n) is 1.23. The van der Waals surface area contributed by atoms with Crippen LogP contribution < -0.4 is 11.7 Å². The number of hydrazine groups is 1. The van der Waals surface area contributed by atoms with Gasteiger partial charge in [-0.25, -0.2) is 5.84 Å². The van der Waals surface area contributed by atoms with Crippen LogP contribution in [-0.4, -0.2) is 23.5 Å². The van der Waals surface area contributed by atoms with Gasteiger partial charge in [-0.3, -0.25) is 5.01 Å². The zero-order valence-electron chi connectivity index (χ0n) is 4.96. The molecule has 5 heteroatoms. The van der Waals surface area contributed by atoms with Crippen LogP contribution in [0.25, 0.3) is 0 Å². The lowest BCUT2D eigenvalue weighted by Crippen LogP contribution is -2.31. The molecule has 0 saturated heterocycles. The molecule has 0 bridgehead atoms. The van der Waals surface area contributed by atoms with Gasteiger partial charge in [-0.15, -0.1) is 0 Å². The average molecular weight is 134 g/mol. The summed E-state index contributed by atoms with van der Waals surface area (Å²) in [5, 5.41) is 5.37. The molecule has 0 spiro atoms. The van der Waals surface area contributed by atoms with Crippen LogP contribution in [-0.2, 0) is 0 Å². The van der Waals surface area contributed by atoms with Gasteiger partial charge in [-0.2, -0.15) is 5.10 Å². The molecule has 0 saturated carbocycles. The van der Waals surface area contributed by atoms with Gasteiger partial charge in [-0.05, 0) is 6.26 Å². The molecule has 0 unspecified atom stereocenters. The van der Waals surface area contributed by atoms with Gasteiger partial charge in [0.25, 0.3) is 0 Å². The maximum Gasteiger partial charge on any atom is 0.196 e. The Hall–Kier alpha value is -0.420. The maximum atomic E-state index is 5.26. The third-order valence-corrected chi connectivity index (χ3v) is 1.35. The SMILES string of the molecule is CS/C(=N/N)N(C)N. The van der Waals surface area contributed by atoms with E-state index in [1.54, 1.807) is 7.05 Å². The minimum absolute atomic E-state index is 0.616. The third-order valence-electron chi connectivity index (χ3n) is 0.595. The van der Waals surface area contributed by atoms with E-state index in [1.807, 2.05) is 6.26 Å². The van der Waals surface area contributed by atoms with E-state index in [9.17, 15) is 0 Å². The lowest BCUT2D eigenvalue weighted by molar-refractivity contribution is 0.548. The molecule has 0 amide bonds. The first-order chi connectivity index (χ1) is 3.72. The molecule has 0 aliphatic rings. The topological polar surface area (TPSA) is 67.6 Å². The summed E-state index contributed by atoms with van der Waals surface area (Å²) < 4.78 is 0. The van der Waals surface area contributed by atoms with Crippen LogP contribution in [0, 0.1) is 0 Å². The van der Waals surface area contributed by atoms with E-state index in [0.717, 1.165) is 0 Å². The molecular formula is C3H10N4S. The van der Waals surface area contributed by atoms with Crippen LogP contribution in [0.5, 0.6) is 0 Å². The van der Waals surface area contributed by atoms with Gasteiger partial charge >= 0.3 is 0 Å². The van der Waals surface area contributed by atoms with Crippen molar-refractivity contribution in [1.29, 1.82) is 0 Å². The standard InChI is InChI=1S/C3H10N4S/c1-7(5)3(6-4)8-2/h4-5H2,1-2H3/b6-3+. The minimum Gasteiger partial charge on any atom is -0.321 e. The van der Waals surface area contributed by atoms with Crippen molar-refractivity contribution in [2.24, 2.45) is 16.8 Å². The normalized spacial score (nSPS) is 11.6. The predicted molar refractivity (Wildman–Crippen MR) is 37.1 cm³/mol. The molecule has 0 fully saturated rings. The Labute approximate surface area is 52.9 Å². The maximum absolute atomic E-state index is 5.26. The number of rotatable bonds is 0. The van der Waals surface area contributed by atoms with Crippen molar-refractivity contribution in [2.75, 3.05) is 13.3 Å². The van der Waals surface area contributed by atoms with E-state index in [-0.39, 0.29) is 0 Å². The fourth-order valence-corrected chi connectivity index (χ4v) is 0.681. The summed E-state index contributed by atoms with van der Waals surface area (Å²) >= 11 is 1.40. The molecule has 8 heavy (non-hydrogen) atoms. The first-order valence-electron chi connectivity index (χ1n) is 2.02. The largest absolute Gasteiger partial charge is 0.321 e. The summed E-state index contributed by atoms with van der Waals surface area (Å²) in [6, 6.07) is 0. The van der Waals surface area contributed by atoms with Crippen LogP contribution in [0.3, 0.4) is 0 Å². The van der Waals surface area contributed by atoms with Crippen LogP contribution >= 0.6 is 11.8 Å².